The summed E-state index contributed by atoms with van der Waals surface area (Å²) in [5.41, 5.74) is 6.53. The van der Waals surface area contributed by atoms with E-state index in [9.17, 15) is 0 Å². The van der Waals surface area contributed by atoms with Gasteiger partial charge in [0.2, 0.25) is 0 Å². The molecule has 1 aromatic heterocycles. The van der Waals surface area contributed by atoms with Gasteiger partial charge in [-0.25, -0.2) is 0 Å². The van der Waals surface area contributed by atoms with Crippen molar-refractivity contribution in [1.29, 1.82) is 0 Å². The molecular formula is C7H12N2O. The van der Waals surface area contributed by atoms with E-state index >= 15 is 0 Å². The molecule has 1 heterocycles. The number of aromatic nitrogens is 1. The summed E-state index contributed by atoms with van der Waals surface area (Å²) in [7, 11) is 0. The Morgan fingerprint density at radius 1 is 1.80 bits per heavy atom. The molecule has 1 aromatic rings. The van der Waals surface area contributed by atoms with Crippen molar-refractivity contribution in [3.63, 3.8) is 0 Å². The molecule has 0 amide bonds. The molecule has 0 fully saturated rings. The van der Waals surface area contributed by atoms with E-state index in [2.05, 4.69) is 9.68 Å². The largest absolute Gasteiger partial charge is 0.365 e. The van der Waals surface area contributed by atoms with E-state index in [-0.39, 0.29) is 6.04 Å². The van der Waals surface area contributed by atoms with Gasteiger partial charge in [-0.05, 0) is 19.8 Å². The lowest BCUT2D eigenvalue weighted by molar-refractivity contribution is 0.410. The number of rotatable bonds is 3. The molecule has 0 aliphatic rings. The zero-order valence-corrected chi connectivity index (χ0v) is 6.08. The van der Waals surface area contributed by atoms with Crippen LogP contribution in [0.3, 0.4) is 0 Å². The summed E-state index contributed by atoms with van der Waals surface area (Å²) in [5, 5.41) is 3.76. The van der Waals surface area contributed by atoms with Crippen molar-refractivity contribution in [2.45, 2.75) is 25.8 Å². The van der Waals surface area contributed by atoms with Crippen molar-refractivity contribution in [3.05, 3.63) is 18.0 Å². The molecule has 0 bridgehead atoms. The Morgan fingerprint density at radius 3 is 3.10 bits per heavy atom. The van der Waals surface area contributed by atoms with Crippen molar-refractivity contribution in [1.82, 2.24) is 5.16 Å². The molecule has 0 saturated carbocycles. The third kappa shape index (κ3) is 2.19. The molecule has 0 saturated heterocycles. The SMILES string of the molecule is C[C@@H](N)CCc1ccon1. The highest BCUT2D eigenvalue weighted by Crippen LogP contribution is 2.00. The van der Waals surface area contributed by atoms with Crippen molar-refractivity contribution in [3.8, 4) is 0 Å². The highest BCUT2D eigenvalue weighted by molar-refractivity contribution is 4.95. The first kappa shape index (κ1) is 7.28. The topological polar surface area (TPSA) is 52.0 Å². The normalized spacial score (nSPS) is 13.4. The summed E-state index contributed by atoms with van der Waals surface area (Å²) in [6.45, 7) is 1.99. The van der Waals surface area contributed by atoms with Crippen LogP contribution in [0.1, 0.15) is 19.0 Å². The first-order chi connectivity index (χ1) is 4.79. The lowest BCUT2D eigenvalue weighted by Crippen LogP contribution is -2.15. The molecular weight excluding hydrogens is 128 g/mol. The molecule has 3 nitrogen and oxygen atoms in total. The fraction of sp³-hybridized carbons (Fsp3) is 0.571. The van der Waals surface area contributed by atoms with Crippen LogP contribution in [-0.4, -0.2) is 11.2 Å². The smallest absolute Gasteiger partial charge is 0.124 e. The first-order valence-electron chi connectivity index (χ1n) is 3.44. The fourth-order valence-electron chi connectivity index (χ4n) is 0.742. The molecule has 56 valence electrons. The first-order valence-corrected chi connectivity index (χ1v) is 3.44. The minimum Gasteiger partial charge on any atom is -0.365 e. The van der Waals surface area contributed by atoms with Crippen LogP contribution in [0.15, 0.2) is 16.9 Å². The molecule has 10 heavy (non-hydrogen) atoms. The maximum atomic E-state index is 5.55. The number of nitrogens with two attached hydrogens (primary N) is 1. The Morgan fingerprint density at radius 2 is 2.60 bits per heavy atom. The van der Waals surface area contributed by atoms with Gasteiger partial charge in [-0.2, -0.15) is 0 Å². The van der Waals surface area contributed by atoms with Gasteiger partial charge in [-0.3, -0.25) is 0 Å². The van der Waals surface area contributed by atoms with Crippen molar-refractivity contribution < 1.29 is 4.52 Å². The van der Waals surface area contributed by atoms with Gasteiger partial charge >= 0.3 is 0 Å². The highest BCUT2D eigenvalue weighted by atomic mass is 16.5. The Labute approximate surface area is 60.2 Å². The van der Waals surface area contributed by atoms with E-state index in [4.69, 9.17) is 5.73 Å². The van der Waals surface area contributed by atoms with Crippen LogP contribution in [0, 0.1) is 0 Å². The minimum atomic E-state index is 0.247. The molecule has 3 heteroatoms. The van der Waals surface area contributed by atoms with Gasteiger partial charge in [0.1, 0.15) is 6.26 Å². The summed E-state index contributed by atoms with van der Waals surface area (Å²) < 4.78 is 4.66. The van der Waals surface area contributed by atoms with E-state index in [0.717, 1.165) is 18.5 Å². The van der Waals surface area contributed by atoms with Gasteiger partial charge in [0, 0.05) is 12.1 Å². The maximum Gasteiger partial charge on any atom is 0.124 e. The van der Waals surface area contributed by atoms with Crippen LogP contribution in [-0.2, 0) is 6.42 Å². The van der Waals surface area contributed by atoms with Gasteiger partial charge in [0.15, 0.2) is 0 Å². The predicted molar refractivity (Wildman–Crippen MR) is 38.5 cm³/mol. The summed E-state index contributed by atoms with van der Waals surface area (Å²) in [6.07, 6.45) is 3.46. The lowest BCUT2D eigenvalue weighted by atomic mass is 10.1. The standard InChI is InChI=1S/C7H12N2O/c1-6(8)2-3-7-4-5-10-9-7/h4-6H,2-3,8H2,1H3/t6-/m1/s1. The quantitative estimate of drug-likeness (QED) is 0.680. The van der Waals surface area contributed by atoms with Crippen LogP contribution in [0.2, 0.25) is 0 Å². The Kier molecular flexibility index (Phi) is 2.45. The summed E-state index contributed by atoms with van der Waals surface area (Å²) in [4.78, 5) is 0. The molecule has 1 atom stereocenters. The fourth-order valence-corrected chi connectivity index (χ4v) is 0.742. The molecule has 2 N–H and O–H groups in total. The summed E-state index contributed by atoms with van der Waals surface area (Å²) in [6, 6.07) is 2.11. The minimum absolute atomic E-state index is 0.247. The van der Waals surface area contributed by atoms with Gasteiger partial charge in [-0.15, -0.1) is 0 Å². The Bertz CT molecular complexity index is 170. The van der Waals surface area contributed by atoms with Crippen LogP contribution in [0.25, 0.3) is 0 Å². The molecule has 0 aliphatic heterocycles. The predicted octanol–water partition coefficient (Wildman–Crippen LogP) is 0.954. The van der Waals surface area contributed by atoms with Crippen molar-refractivity contribution >= 4 is 0 Å². The molecule has 1 rings (SSSR count). The zero-order valence-electron chi connectivity index (χ0n) is 6.08. The van der Waals surface area contributed by atoms with Gasteiger partial charge in [0.25, 0.3) is 0 Å². The second-order valence-electron chi connectivity index (χ2n) is 2.51. The number of hydrogen-bond acceptors (Lipinski definition) is 3. The molecule has 0 aliphatic carbocycles. The third-order valence-corrected chi connectivity index (χ3v) is 1.35. The van der Waals surface area contributed by atoms with Crippen LogP contribution in [0.4, 0.5) is 0 Å². The third-order valence-electron chi connectivity index (χ3n) is 1.35. The van der Waals surface area contributed by atoms with E-state index < -0.39 is 0 Å². The molecule has 0 spiro atoms. The Balaban J connectivity index is 2.28. The highest BCUT2D eigenvalue weighted by Gasteiger charge is 1.98. The molecule has 0 unspecified atom stereocenters. The average molecular weight is 140 g/mol. The second-order valence-corrected chi connectivity index (χ2v) is 2.51. The van der Waals surface area contributed by atoms with Gasteiger partial charge in [0.05, 0.1) is 5.69 Å². The second kappa shape index (κ2) is 3.37. The van der Waals surface area contributed by atoms with E-state index in [1.165, 1.54) is 0 Å². The number of aryl methyl sites for hydroxylation is 1. The van der Waals surface area contributed by atoms with Gasteiger partial charge < -0.3 is 10.3 Å². The Hall–Kier alpha value is -0.830. The van der Waals surface area contributed by atoms with Crippen LogP contribution in [0.5, 0.6) is 0 Å². The van der Waals surface area contributed by atoms with Gasteiger partial charge in [-0.1, -0.05) is 5.16 Å². The molecule has 0 radical (unpaired) electrons. The van der Waals surface area contributed by atoms with Crippen molar-refractivity contribution in [2.75, 3.05) is 0 Å². The van der Waals surface area contributed by atoms with Crippen molar-refractivity contribution in [2.24, 2.45) is 5.73 Å². The zero-order chi connectivity index (χ0) is 7.40. The van der Waals surface area contributed by atoms with E-state index in [1.54, 1.807) is 6.26 Å². The average Bonchev–Trinajstić information content (AvgIpc) is 2.34. The summed E-state index contributed by atoms with van der Waals surface area (Å²) in [5.74, 6) is 0. The maximum absolute atomic E-state index is 5.55. The molecule has 0 aromatic carbocycles. The van der Waals surface area contributed by atoms with E-state index in [0.29, 0.717) is 0 Å². The monoisotopic (exact) mass is 140 g/mol. The van der Waals surface area contributed by atoms with Crippen LogP contribution >= 0.6 is 0 Å². The van der Waals surface area contributed by atoms with Crippen LogP contribution < -0.4 is 5.73 Å². The summed E-state index contributed by atoms with van der Waals surface area (Å²) >= 11 is 0. The van der Waals surface area contributed by atoms with E-state index in [1.807, 2.05) is 13.0 Å². The number of hydrogen-bond donors (Lipinski definition) is 1. The number of nitrogens with zero attached hydrogens (tertiary/aromatic N) is 1. The lowest BCUT2D eigenvalue weighted by Gasteiger charge is -1.99.